The van der Waals surface area contributed by atoms with Gasteiger partial charge in [-0.05, 0) is 33.1 Å². The fourth-order valence-corrected chi connectivity index (χ4v) is 3.77. The molecule has 2 aliphatic rings. The van der Waals surface area contributed by atoms with Gasteiger partial charge in [-0.2, -0.15) is 0 Å². The van der Waals surface area contributed by atoms with Crippen molar-refractivity contribution >= 4 is 12.1 Å². The maximum atomic E-state index is 12.0. The van der Waals surface area contributed by atoms with Gasteiger partial charge in [0.25, 0.3) is 0 Å². The minimum Gasteiger partial charge on any atom is -0.444 e. The van der Waals surface area contributed by atoms with Gasteiger partial charge in [0.15, 0.2) is 5.96 Å². The van der Waals surface area contributed by atoms with Crippen molar-refractivity contribution in [3.05, 3.63) is 0 Å². The Hall–Kier alpha value is -1.54. The summed E-state index contributed by atoms with van der Waals surface area (Å²) in [5.41, 5.74) is -0.481. The second-order valence-electron chi connectivity index (χ2n) is 8.97. The fraction of sp³-hybridized carbons (Fsp3) is 0.900. The van der Waals surface area contributed by atoms with Crippen molar-refractivity contribution in [1.82, 2.24) is 20.4 Å². The van der Waals surface area contributed by atoms with Gasteiger partial charge in [-0.1, -0.05) is 13.8 Å². The van der Waals surface area contributed by atoms with Crippen molar-refractivity contribution in [3.63, 3.8) is 0 Å². The number of hydrogen-bond acceptors (Lipinski definition) is 5. The Bertz CT molecular complexity index is 526. The number of nitrogens with zero attached hydrogens (tertiary/aromatic N) is 3. The van der Waals surface area contributed by atoms with Crippen LogP contribution >= 0.6 is 0 Å². The van der Waals surface area contributed by atoms with Gasteiger partial charge >= 0.3 is 6.09 Å². The van der Waals surface area contributed by atoms with Gasteiger partial charge < -0.3 is 25.0 Å². The number of aliphatic imine (C=N–C) groups is 1. The molecular weight excluding hydrogens is 358 g/mol. The molecule has 2 unspecified atom stereocenters. The molecule has 2 N–H and O–H groups in total. The number of morpholine rings is 1. The van der Waals surface area contributed by atoms with E-state index < -0.39 is 5.60 Å². The van der Waals surface area contributed by atoms with Crippen LogP contribution in [0.15, 0.2) is 4.99 Å². The molecule has 2 rings (SSSR count). The topological polar surface area (TPSA) is 78.4 Å². The van der Waals surface area contributed by atoms with Crippen LogP contribution in [0, 0.1) is 5.92 Å². The van der Waals surface area contributed by atoms with E-state index in [0.717, 1.165) is 58.3 Å². The summed E-state index contributed by atoms with van der Waals surface area (Å²) in [7, 11) is 1.82. The molecule has 2 atom stereocenters. The normalized spacial score (nSPS) is 23.0. The fourth-order valence-electron chi connectivity index (χ4n) is 3.77. The molecule has 8 nitrogen and oxygen atoms in total. The first kappa shape index (κ1) is 22.7. The van der Waals surface area contributed by atoms with Crippen molar-refractivity contribution in [1.29, 1.82) is 0 Å². The van der Waals surface area contributed by atoms with Crippen LogP contribution in [-0.4, -0.2) is 92.5 Å². The Morgan fingerprint density at radius 3 is 2.50 bits per heavy atom. The monoisotopic (exact) mass is 397 g/mol. The van der Waals surface area contributed by atoms with E-state index in [9.17, 15) is 4.79 Å². The number of rotatable bonds is 5. The minimum atomic E-state index is -0.481. The van der Waals surface area contributed by atoms with Gasteiger partial charge in [-0.3, -0.25) is 9.89 Å². The van der Waals surface area contributed by atoms with E-state index in [1.165, 1.54) is 0 Å². The summed E-state index contributed by atoms with van der Waals surface area (Å²) in [5, 5.41) is 6.52. The summed E-state index contributed by atoms with van der Waals surface area (Å²) in [6, 6.07) is 0.521. The Morgan fingerprint density at radius 1 is 1.25 bits per heavy atom. The summed E-state index contributed by atoms with van der Waals surface area (Å²) < 4.78 is 10.9. The molecule has 8 heteroatoms. The van der Waals surface area contributed by atoms with Gasteiger partial charge in [0.05, 0.1) is 19.3 Å². The lowest BCUT2D eigenvalue weighted by Gasteiger charge is -2.37. The molecule has 0 spiro atoms. The predicted octanol–water partition coefficient (Wildman–Crippen LogP) is 1.52. The van der Waals surface area contributed by atoms with Crippen LogP contribution in [0.1, 0.15) is 41.0 Å². The molecule has 1 amide bonds. The Balaban J connectivity index is 1.83. The van der Waals surface area contributed by atoms with Gasteiger partial charge in [0.1, 0.15) is 5.60 Å². The van der Waals surface area contributed by atoms with E-state index in [1.54, 1.807) is 0 Å². The van der Waals surface area contributed by atoms with Crippen LogP contribution in [0.3, 0.4) is 0 Å². The van der Waals surface area contributed by atoms with Crippen molar-refractivity contribution in [2.45, 2.75) is 58.7 Å². The molecule has 2 fully saturated rings. The van der Waals surface area contributed by atoms with E-state index in [1.807, 2.05) is 27.8 Å². The Kier molecular flexibility index (Phi) is 8.37. The van der Waals surface area contributed by atoms with Gasteiger partial charge in [-0.25, -0.2) is 4.79 Å². The second-order valence-corrected chi connectivity index (χ2v) is 8.97. The van der Waals surface area contributed by atoms with E-state index in [-0.39, 0.29) is 12.1 Å². The van der Waals surface area contributed by atoms with E-state index >= 15 is 0 Å². The highest BCUT2D eigenvalue weighted by molar-refractivity contribution is 5.80. The highest BCUT2D eigenvalue weighted by Gasteiger charge is 2.29. The molecule has 0 aromatic rings. The SMILES string of the molecule is CN=C(NCC(C(C)C)N1CCOCC1)N1CCC(NC(=O)OC(C)(C)C)C1. The lowest BCUT2D eigenvalue weighted by molar-refractivity contribution is 0.00741. The van der Waals surface area contributed by atoms with Crippen LogP contribution in [-0.2, 0) is 9.47 Å². The van der Waals surface area contributed by atoms with Crippen LogP contribution in [0.25, 0.3) is 0 Å². The molecule has 28 heavy (non-hydrogen) atoms. The Morgan fingerprint density at radius 2 is 1.93 bits per heavy atom. The Labute approximate surface area is 170 Å². The smallest absolute Gasteiger partial charge is 0.407 e. The van der Waals surface area contributed by atoms with E-state index in [2.05, 4.69) is 39.3 Å². The number of carbonyl (C=O) groups excluding carboxylic acids is 1. The van der Waals surface area contributed by atoms with Crippen LogP contribution in [0.5, 0.6) is 0 Å². The number of nitrogens with one attached hydrogen (secondary N) is 2. The predicted molar refractivity (Wildman–Crippen MR) is 112 cm³/mol. The molecule has 162 valence electrons. The standard InChI is InChI=1S/C20H39N5O3/c1-15(2)17(24-9-11-27-12-10-24)13-22-18(21-6)25-8-7-16(14-25)23-19(26)28-20(3,4)5/h15-17H,7-14H2,1-6H3,(H,21,22)(H,23,26). The van der Waals surface area contributed by atoms with Crippen molar-refractivity contribution in [2.75, 3.05) is 53.0 Å². The molecule has 0 aromatic carbocycles. The van der Waals surface area contributed by atoms with Gasteiger partial charge in [0.2, 0.25) is 0 Å². The molecule has 2 heterocycles. The zero-order valence-electron chi connectivity index (χ0n) is 18.5. The zero-order chi connectivity index (χ0) is 20.7. The molecule has 2 aliphatic heterocycles. The third-order valence-corrected chi connectivity index (χ3v) is 5.17. The van der Waals surface area contributed by atoms with Crippen molar-refractivity contribution in [3.8, 4) is 0 Å². The number of hydrogen-bond donors (Lipinski definition) is 2. The van der Waals surface area contributed by atoms with Gasteiger partial charge in [0, 0.05) is 45.8 Å². The molecular formula is C20H39N5O3. The maximum absolute atomic E-state index is 12.0. The summed E-state index contributed by atoms with van der Waals surface area (Å²) in [6.07, 6.45) is 0.534. The quantitative estimate of drug-likeness (QED) is 0.541. The summed E-state index contributed by atoms with van der Waals surface area (Å²) >= 11 is 0. The summed E-state index contributed by atoms with van der Waals surface area (Å²) in [6.45, 7) is 16.2. The van der Waals surface area contributed by atoms with Crippen LogP contribution in [0.4, 0.5) is 4.79 Å². The third kappa shape index (κ3) is 7.13. The summed E-state index contributed by atoms with van der Waals surface area (Å²) in [5.74, 6) is 1.44. The average Bonchev–Trinajstić information content (AvgIpc) is 3.05. The van der Waals surface area contributed by atoms with Crippen molar-refractivity contribution in [2.24, 2.45) is 10.9 Å². The van der Waals surface area contributed by atoms with Crippen molar-refractivity contribution < 1.29 is 14.3 Å². The minimum absolute atomic E-state index is 0.0774. The summed E-state index contributed by atoms with van der Waals surface area (Å²) in [4.78, 5) is 21.2. The lowest BCUT2D eigenvalue weighted by atomic mass is 10.0. The number of likely N-dealkylation sites (tertiary alicyclic amines) is 1. The highest BCUT2D eigenvalue weighted by atomic mass is 16.6. The first-order valence-electron chi connectivity index (χ1n) is 10.5. The molecule has 0 saturated carbocycles. The number of amides is 1. The second kappa shape index (κ2) is 10.3. The molecule has 0 bridgehead atoms. The molecule has 0 radical (unpaired) electrons. The molecule has 0 aliphatic carbocycles. The van der Waals surface area contributed by atoms with Crippen LogP contribution < -0.4 is 10.6 Å². The van der Waals surface area contributed by atoms with Crippen LogP contribution in [0.2, 0.25) is 0 Å². The first-order chi connectivity index (χ1) is 13.2. The van der Waals surface area contributed by atoms with Gasteiger partial charge in [-0.15, -0.1) is 0 Å². The largest absolute Gasteiger partial charge is 0.444 e. The average molecular weight is 398 g/mol. The van der Waals surface area contributed by atoms with E-state index in [0.29, 0.717) is 12.0 Å². The highest BCUT2D eigenvalue weighted by Crippen LogP contribution is 2.14. The van der Waals surface area contributed by atoms with E-state index in [4.69, 9.17) is 9.47 Å². The third-order valence-electron chi connectivity index (χ3n) is 5.17. The first-order valence-corrected chi connectivity index (χ1v) is 10.5. The zero-order valence-corrected chi connectivity index (χ0v) is 18.5. The molecule has 2 saturated heterocycles. The number of carbonyl (C=O) groups is 1. The number of alkyl carbamates (subject to hydrolysis) is 1. The maximum Gasteiger partial charge on any atom is 0.407 e. The number of guanidine groups is 1. The molecule has 0 aromatic heterocycles. The number of ether oxygens (including phenoxy) is 2. The lowest BCUT2D eigenvalue weighted by Crippen LogP contribution is -2.53.